The second-order valence-corrected chi connectivity index (χ2v) is 7.05. The minimum atomic E-state index is -0.964. The fourth-order valence-corrected chi connectivity index (χ4v) is 4.01. The minimum Gasteiger partial charge on any atom is -0.392 e. The lowest BCUT2D eigenvalue weighted by Crippen LogP contribution is -2.62. The highest BCUT2D eigenvalue weighted by Crippen LogP contribution is 2.37. The number of likely N-dealkylation sites (tertiary alicyclic amines) is 1. The molecule has 2 fully saturated rings. The number of hydrogen-bond donors (Lipinski definition) is 2. The lowest BCUT2D eigenvalue weighted by molar-refractivity contribution is -0.147. The monoisotopic (exact) mass is 357 g/mol. The summed E-state index contributed by atoms with van der Waals surface area (Å²) in [5.74, 6) is -1.03. The summed E-state index contributed by atoms with van der Waals surface area (Å²) in [6, 6.07) is 7.88. The van der Waals surface area contributed by atoms with Crippen LogP contribution in [-0.2, 0) is 4.79 Å². The predicted molar refractivity (Wildman–Crippen MR) is 92.9 cm³/mol. The first kappa shape index (κ1) is 16.9. The van der Waals surface area contributed by atoms with E-state index >= 15 is 0 Å². The van der Waals surface area contributed by atoms with Gasteiger partial charge in [-0.05, 0) is 31.4 Å². The number of rotatable bonds is 1. The Labute approximate surface area is 150 Å². The van der Waals surface area contributed by atoms with Gasteiger partial charge in [0, 0.05) is 25.0 Å². The van der Waals surface area contributed by atoms with Crippen LogP contribution in [0.15, 0.2) is 30.3 Å². The molecule has 2 amide bonds. The number of aliphatic hydroxyl groups excluding tert-OH is 1. The maximum atomic E-state index is 14.0. The number of hydrogen-bond acceptors (Lipinski definition) is 4. The highest BCUT2D eigenvalue weighted by atomic mass is 19.1. The normalized spacial score (nSPS) is 26.2. The third-order valence-electron chi connectivity index (χ3n) is 5.50. The molecule has 1 spiro atoms. The van der Waals surface area contributed by atoms with E-state index in [-0.39, 0.29) is 29.6 Å². The predicted octanol–water partition coefficient (Wildman–Crippen LogP) is 1.48. The zero-order valence-corrected chi connectivity index (χ0v) is 14.2. The van der Waals surface area contributed by atoms with Gasteiger partial charge in [-0.15, -0.1) is 0 Å². The van der Waals surface area contributed by atoms with E-state index in [9.17, 15) is 19.1 Å². The number of para-hydroxylation sites is 1. The highest BCUT2D eigenvalue weighted by Gasteiger charge is 2.50. The number of aliphatic hydroxyl groups is 1. The van der Waals surface area contributed by atoms with Crippen molar-refractivity contribution in [1.29, 1.82) is 0 Å². The van der Waals surface area contributed by atoms with Crippen LogP contribution >= 0.6 is 0 Å². The number of halogens is 1. The van der Waals surface area contributed by atoms with Crippen molar-refractivity contribution < 1.29 is 19.1 Å². The lowest BCUT2D eigenvalue weighted by atomic mass is 9.71. The Bertz CT molecular complexity index is 887. The Morgan fingerprint density at radius 3 is 3.00 bits per heavy atom. The molecule has 7 heteroatoms. The number of fused-ring (bicyclic) bond motifs is 1. The molecular formula is C19H20FN3O3. The molecule has 2 aliphatic heterocycles. The van der Waals surface area contributed by atoms with Crippen LogP contribution in [0.25, 0.3) is 10.9 Å². The van der Waals surface area contributed by atoms with Gasteiger partial charge in [-0.25, -0.2) is 9.37 Å². The Morgan fingerprint density at radius 2 is 2.19 bits per heavy atom. The van der Waals surface area contributed by atoms with E-state index in [2.05, 4.69) is 10.3 Å². The quantitative estimate of drug-likeness (QED) is 0.810. The summed E-state index contributed by atoms with van der Waals surface area (Å²) in [7, 11) is 0. The van der Waals surface area contributed by atoms with E-state index in [0.717, 1.165) is 6.42 Å². The second kappa shape index (κ2) is 6.32. The van der Waals surface area contributed by atoms with Crippen molar-refractivity contribution in [2.75, 3.05) is 19.6 Å². The van der Waals surface area contributed by atoms with Gasteiger partial charge in [0.15, 0.2) is 0 Å². The van der Waals surface area contributed by atoms with E-state index in [0.29, 0.717) is 31.3 Å². The Morgan fingerprint density at radius 1 is 1.35 bits per heavy atom. The number of benzene rings is 1. The van der Waals surface area contributed by atoms with Crippen LogP contribution in [0.4, 0.5) is 4.39 Å². The van der Waals surface area contributed by atoms with Crippen LogP contribution in [0.2, 0.25) is 0 Å². The number of amides is 2. The number of piperidine rings is 2. The zero-order valence-electron chi connectivity index (χ0n) is 14.2. The number of aromatic nitrogens is 1. The Kier molecular flexibility index (Phi) is 4.11. The summed E-state index contributed by atoms with van der Waals surface area (Å²) < 4.78 is 14.0. The van der Waals surface area contributed by atoms with Crippen molar-refractivity contribution in [3.8, 4) is 0 Å². The van der Waals surface area contributed by atoms with Gasteiger partial charge < -0.3 is 15.3 Å². The molecule has 0 radical (unpaired) electrons. The van der Waals surface area contributed by atoms with E-state index in [1.807, 2.05) is 0 Å². The molecule has 3 heterocycles. The molecule has 2 atom stereocenters. The van der Waals surface area contributed by atoms with Gasteiger partial charge >= 0.3 is 0 Å². The van der Waals surface area contributed by atoms with Crippen molar-refractivity contribution >= 4 is 22.7 Å². The van der Waals surface area contributed by atoms with Crippen LogP contribution in [0.1, 0.15) is 29.8 Å². The van der Waals surface area contributed by atoms with E-state index in [4.69, 9.17) is 0 Å². The molecule has 2 aliphatic rings. The van der Waals surface area contributed by atoms with E-state index in [1.165, 1.54) is 6.07 Å². The molecule has 0 saturated carbocycles. The maximum absolute atomic E-state index is 14.0. The molecule has 6 nitrogen and oxygen atoms in total. The fourth-order valence-electron chi connectivity index (χ4n) is 4.01. The summed E-state index contributed by atoms with van der Waals surface area (Å²) in [4.78, 5) is 31.1. The largest absolute Gasteiger partial charge is 0.392 e. The third-order valence-corrected chi connectivity index (χ3v) is 5.50. The van der Waals surface area contributed by atoms with Crippen molar-refractivity contribution in [1.82, 2.24) is 15.2 Å². The van der Waals surface area contributed by atoms with Crippen LogP contribution in [0.5, 0.6) is 0 Å². The third kappa shape index (κ3) is 2.63. The molecule has 2 N–H and O–H groups in total. The molecular weight excluding hydrogens is 337 g/mol. The van der Waals surface area contributed by atoms with Crippen LogP contribution in [0, 0.1) is 11.2 Å². The first-order valence-corrected chi connectivity index (χ1v) is 8.82. The van der Waals surface area contributed by atoms with Crippen molar-refractivity contribution in [3.05, 3.63) is 41.8 Å². The van der Waals surface area contributed by atoms with Crippen LogP contribution in [-0.4, -0.2) is 52.5 Å². The average molecular weight is 357 g/mol. The van der Waals surface area contributed by atoms with Gasteiger partial charge in [-0.1, -0.05) is 18.2 Å². The Hall–Kier alpha value is -2.54. The molecule has 2 saturated heterocycles. The van der Waals surface area contributed by atoms with E-state index in [1.54, 1.807) is 29.2 Å². The zero-order chi connectivity index (χ0) is 18.3. The van der Waals surface area contributed by atoms with Gasteiger partial charge in [0.25, 0.3) is 5.91 Å². The van der Waals surface area contributed by atoms with Crippen LogP contribution in [0.3, 0.4) is 0 Å². The topological polar surface area (TPSA) is 82.5 Å². The van der Waals surface area contributed by atoms with Gasteiger partial charge in [0.05, 0.1) is 11.5 Å². The number of nitrogens with zero attached hydrogens (tertiary/aromatic N) is 2. The van der Waals surface area contributed by atoms with Gasteiger partial charge in [-0.3, -0.25) is 9.59 Å². The van der Waals surface area contributed by atoms with Gasteiger partial charge in [0.2, 0.25) is 5.91 Å². The minimum absolute atomic E-state index is 0.144. The SMILES string of the molecule is O=C(c1ccc2cccc(F)c2n1)N1CC[C@H](O)[C@@]2(CCCNC2=O)C1. The lowest BCUT2D eigenvalue weighted by Gasteiger charge is -2.46. The maximum Gasteiger partial charge on any atom is 0.272 e. The van der Waals surface area contributed by atoms with Crippen molar-refractivity contribution in [2.24, 2.45) is 5.41 Å². The summed E-state index contributed by atoms with van der Waals surface area (Å²) >= 11 is 0. The molecule has 1 aromatic heterocycles. The first-order chi connectivity index (χ1) is 12.5. The molecule has 0 aliphatic carbocycles. The van der Waals surface area contributed by atoms with Gasteiger partial charge in [0.1, 0.15) is 17.0 Å². The smallest absolute Gasteiger partial charge is 0.272 e. The highest BCUT2D eigenvalue weighted by molar-refractivity contribution is 5.96. The molecule has 2 aromatic rings. The fraction of sp³-hybridized carbons (Fsp3) is 0.421. The summed E-state index contributed by atoms with van der Waals surface area (Å²) in [6.45, 7) is 1.08. The molecule has 0 bridgehead atoms. The van der Waals surface area contributed by atoms with Crippen molar-refractivity contribution in [2.45, 2.75) is 25.4 Å². The number of carbonyl (C=O) groups is 2. The van der Waals surface area contributed by atoms with Crippen molar-refractivity contribution in [3.63, 3.8) is 0 Å². The first-order valence-electron chi connectivity index (χ1n) is 8.82. The summed E-state index contributed by atoms with van der Waals surface area (Å²) in [6.07, 6.45) is 0.878. The molecule has 4 rings (SSSR count). The molecule has 1 aromatic carbocycles. The number of carbonyl (C=O) groups excluding carboxylic acids is 2. The Balaban J connectivity index is 1.64. The average Bonchev–Trinajstić information content (AvgIpc) is 2.66. The molecule has 26 heavy (non-hydrogen) atoms. The number of nitrogens with one attached hydrogen (secondary N) is 1. The number of pyridine rings is 1. The van der Waals surface area contributed by atoms with Crippen LogP contribution < -0.4 is 5.32 Å². The van der Waals surface area contributed by atoms with Gasteiger partial charge in [-0.2, -0.15) is 0 Å². The standard InChI is InChI=1S/C19H20FN3O3/c20-13-4-1-3-12-5-6-14(22-16(12)13)17(25)23-10-7-15(24)19(11-23)8-2-9-21-18(19)26/h1,3-6,15,24H,2,7-11H2,(H,21,26)/t15-,19+/m0/s1. The van der Waals surface area contributed by atoms with E-state index < -0.39 is 17.3 Å². The molecule has 0 unspecified atom stereocenters. The summed E-state index contributed by atoms with van der Waals surface area (Å²) in [5, 5.41) is 13.9. The summed E-state index contributed by atoms with van der Waals surface area (Å²) in [5.41, 5.74) is -0.667. The molecule has 136 valence electrons. The second-order valence-electron chi connectivity index (χ2n) is 7.05.